The first-order valence-corrected chi connectivity index (χ1v) is 11.1. The van der Waals surface area contributed by atoms with E-state index in [2.05, 4.69) is 0 Å². The Balaban J connectivity index is 1.68. The summed E-state index contributed by atoms with van der Waals surface area (Å²) in [5.41, 5.74) is 3.19. The average Bonchev–Trinajstić information content (AvgIpc) is 2.82. The topological polar surface area (TPSA) is 38.8 Å². The summed E-state index contributed by atoms with van der Waals surface area (Å²) in [7, 11) is 3.23. The largest absolute Gasteiger partial charge is 0.493 e. The molecule has 0 fully saturated rings. The van der Waals surface area contributed by atoms with Crippen LogP contribution in [0.15, 0.2) is 71.6 Å². The molecule has 4 nitrogen and oxygen atoms in total. The van der Waals surface area contributed by atoms with Crippen molar-refractivity contribution in [2.45, 2.75) is 17.4 Å². The Hall–Kier alpha value is -2.99. The van der Waals surface area contributed by atoms with Gasteiger partial charge in [-0.15, -0.1) is 11.8 Å². The molecule has 1 aliphatic rings. The van der Waals surface area contributed by atoms with E-state index < -0.39 is 0 Å². The van der Waals surface area contributed by atoms with Gasteiger partial charge >= 0.3 is 0 Å². The predicted octanol–water partition coefficient (Wildman–Crippen LogP) is 5.11. The van der Waals surface area contributed by atoms with Gasteiger partial charge in [-0.1, -0.05) is 42.5 Å². The van der Waals surface area contributed by atoms with Gasteiger partial charge in [-0.2, -0.15) is 0 Å². The number of fused-ring (bicyclic) bond motifs is 1. The Morgan fingerprint density at radius 1 is 1.03 bits per heavy atom. The lowest BCUT2D eigenvalue weighted by Gasteiger charge is -2.38. The van der Waals surface area contributed by atoms with Crippen molar-refractivity contribution in [3.63, 3.8) is 0 Å². The number of hydrogen-bond donors (Lipinski definition) is 0. The monoisotopic (exact) mass is 437 g/mol. The second-order valence-corrected chi connectivity index (χ2v) is 8.29. The maximum atomic E-state index is 14.0. The standard InChI is InChI=1S/C25H24FNO3S/c1-29-21-14-18-12-13-27(24(28)16-31-23-11-7-6-10-20(23)26)25(17-8-4-3-5-9-17)19(18)15-22(21)30-2/h3-11,14-15,25H,12-13,16H2,1-2H3/t25-/m1/s1. The van der Waals surface area contributed by atoms with Gasteiger partial charge in [0.2, 0.25) is 5.91 Å². The van der Waals surface area contributed by atoms with Gasteiger partial charge < -0.3 is 14.4 Å². The molecule has 31 heavy (non-hydrogen) atoms. The third-order valence-corrected chi connectivity index (χ3v) is 6.53. The summed E-state index contributed by atoms with van der Waals surface area (Å²) < 4.78 is 25.0. The van der Waals surface area contributed by atoms with E-state index in [-0.39, 0.29) is 23.5 Å². The van der Waals surface area contributed by atoms with Crippen LogP contribution in [0.1, 0.15) is 22.7 Å². The van der Waals surface area contributed by atoms with E-state index in [4.69, 9.17) is 9.47 Å². The summed E-state index contributed by atoms with van der Waals surface area (Å²) in [4.78, 5) is 15.6. The number of benzene rings is 3. The van der Waals surface area contributed by atoms with Gasteiger partial charge in [0.1, 0.15) is 5.82 Å². The van der Waals surface area contributed by atoms with Crippen molar-refractivity contribution in [1.29, 1.82) is 0 Å². The van der Waals surface area contributed by atoms with Gasteiger partial charge in [0.25, 0.3) is 0 Å². The first kappa shape index (κ1) is 21.2. The molecule has 0 saturated carbocycles. The molecule has 0 N–H and O–H groups in total. The minimum absolute atomic E-state index is 0.0254. The molecule has 0 unspecified atom stereocenters. The number of halogens is 1. The molecule has 1 heterocycles. The Morgan fingerprint density at radius 2 is 1.71 bits per heavy atom. The Morgan fingerprint density at radius 3 is 2.42 bits per heavy atom. The molecule has 0 bridgehead atoms. The smallest absolute Gasteiger partial charge is 0.233 e. The second kappa shape index (κ2) is 9.43. The Kier molecular flexibility index (Phi) is 6.47. The van der Waals surface area contributed by atoms with Gasteiger partial charge in [-0.05, 0) is 47.4 Å². The number of methoxy groups -OCH3 is 2. The number of carbonyl (C=O) groups excluding carboxylic acids is 1. The fourth-order valence-corrected chi connectivity index (χ4v) is 4.82. The van der Waals surface area contributed by atoms with Gasteiger partial charge in [-0.3, -0.25) is 4.79 Å². The van der Waals surface area contributed by atoms with Crippen molar-refractivity contribution in [3.8, 4) is 11.5 Å². The number of rotatable bonds is 6. The van der Waals surface area contributed by atoms with Crippen LogP contribution in [0, 0.1) is 5.82 Å². The molecular formula is C25H24FNO3S. The van der Waals surface area contributed by atoms with Crippen LogP contribution in [0.4, 0.5) is 4.39 Å². The van der Waals surface area contributed by atoms with E-state index in [1.807, 2.05) is 47.4 Å². The van der Waals surface area contributed by atoms with Gasteiger partial charge in [0, 0.05) is 11.4 Å². The van der Waals surface area contributed by atoms with Crippen LogP contribution < -0.4 is 9.47 Å². The van der Waals surface area contributed by atoms with E-state index in [0.717, 1.165) is 23.1 Å². The summed E-state index contributed by atoms with van der Waals surface area (Å²) >= 11 is 1.23. The summed E-state index contributed by atoms with van der Waals surface area (Å²) in [6.45, 7) is 0.582. The van der Waals surface area contributed by atoms with Gasteiger partial charge in [0.05, 0.1) is 26.0 Å². The lowest BCUT2D eigenvalue weighted by atomic mass is 9.87. The van der Waals surface area contributed by atoms with Gasteiger partial charge in [-0.25, -0.2) is 4.39 Å². The SMILES string of the molecule is COc1cc2c(cc1OC)[C@@H](c1ccccc1)N(C(=O)CSc1ccccc1F)CC2. The van der Waals surface area contributed by atoms with Crippen LogP contribution in [-0.4, -0.2) is 37.3 Å². The number of hydrogen-bond acceptors (Lipinski definition) is 4. The first-order chi connectivity index (χ1) is 15.1. The van der Waals surface area contributed by atoms with Crippen LogP contribution in [-0.2, 0) is 11.2 Å². The van der Waals surface area contributed by atoms with Crippen molar-refractivity contribution in [2.75, 3.05) is 26.5 Å². The summed E-state index contributed by atoms with van der Waals surface area (Å²) in [5.74, 6) is 1.16. The molecular weight excluding hydrogens is 413 g/mol. The van der Waals surface area contributed by atoms with Crippen LogP contribution >= 0.6 is 11.8 Å². The zero-order valence-electron chi connectivity index (χ0n) is 17.5. The second-order valence-electron chi connectivity index (χ2n) is 7.28. The summed E-state index contributed by atoms with van der Waals surface area (Å²) in [6.07, 6.45) is 0.717. The fourth-order valence-electron chi connectivity index (χ4n) is 3.99. The maximum Gasteiger partial charge on any atom is 0.233 e. The zero-order chi connectivity index (χ0) is 21.8. The van der Waals surface area contributed by atoms with Gasteiger partial charge in [0.15, 0.2) is 11.5 Å². The summed E-state index contributed by atoms with van der Waals surface area (Å²) in [6, 6.07) is 20.2. The highest BCUT2D eigenvalue weighted by Crippen LogP contribution is 2.41. The molecule has 160 valence electrons. The lowest BCUT2D eigenvalue weighted by Crippen LogP contribution is -2.41. The van der Waals surface area contributed by atoms with Crippen LogP contribution in [0.3, 0.4) is 0 Å². The molecule has 3 aromatic carbocycles. The number of thioether (sulfide) groups is 1. The van der Waals surface area contributed by atoms with E-state index in [0.29, 0.717) is 22.9 Å². The lowest BCUT2D eigenvalue weighted by molar-refractivity contribution is -0.130. The normalized spacial score (nSPS) is 15.3. The van der Waals surface area contributed by atoms with Crippen molar-refractivity contribution in [3.05, 3.63) is 89.2 Å². The molecule has 0 radical (unpaired) electrons. The highest BCUT2D eigenvalue weighted by Gasteiger charge is 2.33. The molecule has 0 spiro atoms. The zero-order valence-corrected chi connectivity index (χ0v) is 18.3. The molecule has 0 saturated heterocycles. The third kappa shape index (κ3) is 4.39. The molecule has 3 aromatic rings. The third-order valence-electron chi connectivity index (χ3n) is 5.50. The minimum Gasteiger partial charge on any atom is -0.493 e. The van der Waals surface area contributed by atoms with E-state index in [1.165, 1.54) is 17.8 Å². The van der Waals surface area contributed by atoms with Crippen molar-refractivity contribution < 1.29 is 18.7 Å². The Bertz CT molecular complexity index is 1070. The molecule has 1 aliphatic heterocycles. The number of amides is 1. The first-order valence-electron chi connectivity index (χ1n) is 10.1. The predicted molar refractivity (Wildman–Crippen MR) is 120 cm³/mol. The summed E-state index contributed by atoms with van der Waals surface area (Å²) in [5, 5.41) is 0. The highest BCUT2D eigenvalue weighted by molar-refractivity contribution is 8.00. The maximum absolute atomic E-state index is 14.0. The average molecular weight is 438 g/mol. The molecule has 0 aliphatic carbocycles. The number of ether oxygens (including phenoxy) is 2. The Labute approximate surface area is 186 Å². The van der Waals surface area contributed by atoms with E-state index in [1.54, 1.807) is 32.4 Å². The molecule has 1 amide bonds. The molecule has 0 aromatic heterocycles. The van der Waals surface area contributed by atoms with Crippen LogP contribution in [0.2, 0.25) is 0 Å². The van der Waals surface area contributed by atoms with Crippen molar-refractivity contribution in [2.24, 2.45) is 0 Å². The fraction of sp³-hybridized carbons (Fsp3) is 0.240. The quantitative estimate of drug-likeness (QED) is 0.503. The highest BCUT2D eigenvalue weighted by atomic mass is 32.2. The van der Waals surface area contributed by atoms with E-state index >= 15 is 0 Å². The number of carbonyl (C=O) groups is 1. The van der Waals surface area contributed by atoms with Crippen LogP contribution in [0.5, 0.6) is 11.5 Å². The number of nitrogens with zero attached hydrogens (tertiary/aromatic N) is 1. The van der Waals surface area contributed by atoms with Crippen LogP contribution in [0.25, 0.3) is 0 Å². The molecule has 4 rings (SSSR count). The minimum atomic E-state index is -0.305. The van der Waals surface area contributed by atoms with Crippen molar-refractivity contribution >= 4 is 17.7 Å². The molecule has 6 heteroatoms. The van der Waals surface area contributed by atoms with Crippen molar-refractivity contribution in [1.82, 2.24) is 4.90 Å². The molecule has 1 atom stereocenters. The van der Waals surface area contributed by atoms with E-state index in [9.17, 15) is 9.18 Å².